The lowest BCUT2D eigenvalue weighted by atomic mass is 9.96. The molecule has 0 spiro atoms. The van der Waals surface area contributed by atoms with E-state index in [0.717, 1.165) is 62.1 Å². The Morgan fingerprint density at radius 2 is 2.04 bits per heavy atom. The monoisotopic (exact) mass is 355 g/mol. The lowest BCUT2D eigenvalue weighted by molar-refractivity contribution is 0.174. The van der Waals surface area contributed by atoms with Crippen LogP contribution in [0.3, 0.4) is 0 Å². The van der Waals surface area contributed by atoms with Crippen molar-refractivity contribution < 1.29 is 13.9 Å². The van der Waals surface area contributed by atoms with E-state index in [4.69, 9.17) is 18.9 Å². The Labute approximate surface area is 153 Å². The van der Waals surface area contributed by atoms with Crippen LogP contribution in [0.5, 0.6) is 11.5 Å². The van der Waals surface area contributed by atoms with E-state index in [1.54, 1.807) is 6.26 Å². The fourth-order valence-electron chi connectivity index (χ4n) is 3.25. The molecule has 0 amide bonds. The van der Waals surface area contributed by atoms with Crippen molar-refractivity contribution in [2.75, 3.05) is 26.4 Å². The van der Waals surface area contributed by atoms with Crippen LogP contribution in [0.25, 0.3) is 0 Å². The molecule has 2 heterocycles. The summed E-state index contributed by atoms with van der Waals surface area (Å²) >= 11 is 0. The fourth-order valence-corrected chi connectivity index (χ4v) is 3.25. The quantitative estimate of drug-likeness (QED) is 0.590. The molecule has 138 valence electrons. The second-order valence-corrected chi connectivity index (χ2v) is 6.80. The van der Waals surface area contributed by atoms with Gasteiger partial charge in [-0.15, -0.1) is 0 Å². The summed E-state index contributed by atoms with van der Waals surface area (Å²) in [7, 11) is 0. The van der Waals surface area contributed by atoms with Gasteiger partial charge < -0.3 is 24.5 Å². The first-order valence-electron chi connectivity index (χ1n) is 9.24. The van der Waals surface area contributed by atoms with Crippen molar-refractivity contribution >= 4 is 5.96 Å². The standard InChI is InChI=1S/C20H25N3O3/c1-2-21-19(22-10-7-16-4-3-11-24-16)23-13-20(8-9-20)15-5-6-17-18(12-15)26-14-25-17/h3-6,11-12H,2,7-10,13-14H2,1H3,(H2,21,22,23). The first-order chi connectivity index (χ1) is 12.8. The minimum atomic E-state index is 0.129. The van der Waals surface area contributed by atoms with Crippen LogP contribution in [0, 0.1) is 0 Å². The molecule has 2 aromatic rings. The van der Waals surface area contributed by atoms with Crippen LogP contribution in [0.15, 0.2) is 46.0 Å². The maximum Gasteiger partial charge on any atom is 0.231 e. The van der Waals surface area contributed by atoms with Gasteiger partial charge in [0.05, 0.1) is 12.8 Å². The van der Waals surface area contributed by atoms with Gasteiger partial charge in [-0.05, 0) is 49.6 Å². The molecular weight excluding hydrogens is 330 g/mol. The zero-order valence-electron chi connectivity index (χ0n) is 15.1. The third-order valence-electron chi connectivity index (χ3n) is 4.97. The summed E-state index contributed by atoms with van der Waals surface area (Å²) in [6, 6.07) is 10.2. The van der Waals surface area contributed by atoms with Gasteiger partial charge in [-0.1, -0.05) is 6.07 Å². The Morgan fingerprint density at radius 3 is 2.81 bits per heavy atom. The Balaban J connectivity index is 1.38. The van der Waals surface area contributed by atoms with Gasteiger partial charge >= 0.3 is 0 Å². The highest BCUT2D eigenvalue weighted by Gasteiger charge is 2.44. The van der Waals surface area contributed by atoms with Crippen molar-refractivity contribution in [2.45, 2.75) is 31.6 Å². The van der Waals surface area contributed by atoms with Gasteiger partial charge in [-0.3, -0.25) is 4.99 Å². The molecular formula is C20H25N3O3. The maximum atomic E-state index is 5.52. The predicted octanol–water partition coefficient (Wildman–Crippen LogP) is 2.84. The molecule has 0 atom stereocenters. The van der Waals surface area contributed by atoms with Crippen molar-refractivity contribution in [1.82, 2.24) is 10.6 Å². The number of hydrogen-bond acceptors (Lipinski definition) is 4. The third kappa shape index (κ3) is 3.64. The van der Waals surface area contributed by atoms with Crippen LogP contribution in [-0.2, 0) is 11.8 Å². The normalized spacial score (nSPS) is 17.2. The number of fused-ring (bicyclic) bond motifs is 1. The number of ether oxygens (including phenoxy) is 2. The van der Waals surface area contributed by atoms with Gasteiger partial charge in [-0.2, -0.15) is 0 Å². The van der Waals surface area contributed by atoms with E-state index in [2.05, 4.69) is 29.7 Å². The Bertz CT molecular complexity index is 767. The lowest BCUT2D eigenvalue weighted by Gasteiger charge is -2.16. The molecule has 6 nitrogen and oxygen atoms in total. The van der Waals surface area contributed by atoms with Gasteiger partial charge in [0.15, 0.2) is 17.5 Å². The molecule has 0 radical (unpaired) electrons. The van der Waals surface area contributed by atoms with Crippen LogP contribution in [0.4, 0.5) is 0 Å². The molecule has 1 aromatic heterocycles. The molecule has 1 aliphatic carbocycles. The highest BCUT2D eigenvalue weighted by Crippen LogP contribution is 2.50. The third-order valence-corrected chi connectivity index (χ3v) is 4.97. The zero-order chi connectivity index (χ0) is 17.8. The van der Waals surface area contributed by atoms with Crippen molar-refractivity contribution in [3.63, 3.8) is 0 Å². The maximum absolute atomic E-state index is 5.52. The summed E-state index contributed by atoms with van der Waals surface area (Å²) in [5.41, 5.74) is 1.42. The predicted molar refractivity (Wildman–Crippen MR) is 99.9 cm³/mol. The molecule has 4 rings (SSSR count). The van der Waals surface area contributed by atoms with Crippen LogP contribution in [0.2, 0.25) is 0 Å². The van der Waals surface area contributed by atoms with E-state index < -0.39 is 0 Å². The van der Waals surface area contributed by atoms with Crippen molar-refractivity contribution in [3.8, 4) is 11.5 Å². The van der Waals surface area contributed by atoms with Gasteiger partial charge in [0.25, 0.3) is 0 Å². The molecule has 1 aromatic carbocycles. The number of hydrogen-bond donors (Lipinski definition) is 2. The minimum absolute atomic E-state index is 0.129. The summed E-state index contributed by atoms with van der Waals surface area (Å²) in [6.45, 7) is 4.78. The molecule has 2 N–H and O–H groups in total. The summed E-state index contributed by atoms with van der Waals surface area (Å²) in [6.07, 6.45) is 4.85. The minimum Gasteiger partial charge on any atom is -0.469 e. The Morgan fingerprint density at radius 1 is 1.15 bits per heavy atom. The zero-order valence-corrected chi connectivity index (χ0v) is 15.1. The topological polar surface area (TPSA) is 68.0 Å². The van der Waals surface area contributed by atoms with Crippen molar-refractivity contribution in [2.24, 2.45) is 4.99 Å². The lowest BCUT2D eigenvalue weighted by Crippen LogP contribution is -2.39. The highest BCUT2D eigenvalue weighted by atomic mass is 16.7. The van der Waals surface area contributed by atoms with Crippen LogP contribution < -0.4 is 20.1 Å². The summed E-state index contributed by atoms with van der Waals surface area (Å²) in [5, 5.41) is 6.71. The molecule has 1 fully saturated rings. The average molecular weight is 355 g/mol. The second-order valence-electron chi connectivity index (χ2n) is 6.80. The van der Waals surface area contributed by atoms with E-state index in [0.29, 0.717) is 6.79 Å². The first-order valence-corrected chi connectivity index (χ1v) is 9.24. The van der Waals surface area contributed by atoms with E-state index >= 15 is 0 Å². The molecule has 26 heavy (non-hydrogen) atoms. The summed E-state index contributed by atoms with van der Waals surface area (Å²) < 4.78 is 16.3. The van der Waals surface area contributed by atoms with Crippen molar-refractivity contribution in [1.29, 1.82) is 0 Å². The number of aliphatic imine (C=N–C) groups is 1. The van der Waals surface area contributed by atoms with E-state index in [1.165, 1.54) is 5.56 Å². The molecule has 0 unspecified atom stereocenters. The van der Waals surface area contributed by atoms with Crippen LogP contribution >= 0.6 is 0 Å². The van der Waals surface area contributed by atoms with Crippen LogP contribution in [-0.4, -0.2) is 32.4 Å². The first kappa shape index (κ1) is 16.8. The average Bonchev–Trinajstić information content (AvgIpc) is 3.06. The van der Waals surface area contributed by atoms with E-state index in [-0.39, 0.29) is 5.41 Å². The SMILES string of the molecule is CCNC(=NCC1(c2ccc3c(c2)OCO3)CC1)NCCc1ccco1. The molecule has 0 saturated heterocycles. The van der Waals surface area contributed by atoms with Gasteiger partial charge in [0.1, 0.15) is 5.76 Å². The van der Waals surface area contributed by atoms with E-state index in [9.17, 15) is 0 Å². The van der Waals surface area contributed by atoms with Gasteiger partial charge in [-0.25, -0.2) is 0 Å². The number of rotatable bonds is 7. The molecule has 2 aliphatic rings. The van der Waals surface area contributed by atoms with Gasteiger partial charge in [0, 0.05) is 24.9 Å². The second kappa shape index (κ2) is 7.32. The largest absolute Gasteiger partial charge is 0.469 e. The summed E-state index contributed by atoms with van der Waals surface area (Å²) in [5.74, 6) is 3.51. The smallest absolute Gasteiger partial charge is 0.231 e. The molecule has 1 aliphatic heterocycles. The number of nitrogens with one attached hydrogen (secondary N) is 2. The van der Waals surface area contributed by atoms with Crippen LogP contribution in [0.1, 0.15) is 31.1 Å². The van der Waals surface area contributed by atoms with E-state index in [1.807, 2.05) is 18.2 Å². The number of furan rings is 1. The van der Waals surface area contributed by atoms with Gasteiger partial charge in [0.2, 0.25) is 6.79 Å². The molecule has 1 saturated carbocycles. The molecule has 6 heteroatoms. The number of nitrogens with zero attached hydrogens (tertiary/aromatic N) is 1. The molecule has 0 bridgehead atoms. The fraction of sp³-hybridized carbons (Fsp3) is 0.450. The Hall–Kier alpha value is -2.63. The number of guanidine groups is 1. The summed E-state index contributed by atoms with van der Waals surface area (Å²) in [4.78, 5) is 4.83. The van der Waals surface area contributed by atoms with Crippen molar-refractivity contribution in [3.05, 3.63) is 47.9 Å². The highest BCUT2D eigenvalue weighted by molar-refractivity contribution is 5.79. The number of benzene rings is 1. The Kier molecular flexibility index (Phi) is 4.73.